The second kappa shape index (κ2) is 9.06. The van der Waals surface area contributed by atoms with E-state index >= 15 is 0 Å². The van der Waals surface area contributed by atoms with Gasteiger partial charge in [-0.3, -0.25) is 9.59 Å². The van der Waals surface area contributed by atoms with E-state index in [1.54, 1.807) is 21.3 Å². The van der Waals surface area contributed by atoms with Crippen LogP contribution in [-0.4, -0.2) is 61.7 Å². The fourth-order valence-electron chi connectivity index (χ4n) is 4.28. The van der Waals surface area contributed by atoms with Gasteiger partial charge in [-0.1, -0.05) is 6.92 Å². The Bertz CT molecular complexity index is 913. The summed E-state index contributed by atoms with van der Waals surface area (Å²) in [6, 6.07) is 3.43. The molecule has 2 aliphatic heterocycles. The molecule has 2 amide bonds. The third-order valence-corrected chi connectivity index (χ3v) is 8.44. The van der Waals surface area contributed by atoms with Crippen molar-refractivity contribution in [3.05, 3.63) is 28.8 Å². The lowest BCUT2D eigenvalue weighted by Crippen LogP contribution is -2.46. The van der Waals surface area contributed by atoms with Gasteiger partial charge < -0.3 is 10.2 Å². The number of carbonyl (C=O) groups is 2. The Hall–Kier alpha value is -1.93. The summed E-state index contributed by atoms with van der Waals surface area (Å²) in [5, 5.41) is 2.90. The van der Waals surface area contributed by atoms with Crippen LogP contribution in [0, 0.1) is 19.8 Å². The number of hydrogen-bond acceptors (Lipinski definition) is 4. The number of benzene rings is 1. The van der Waals surface area contributed by atoms with Crippen LogP contribution in [0.5, 0.6) is 0 Å². The molecule has 1 aromatic rings. The molecule has 2 fully saturated rings. The van der Waals surface area contributed by atoms with Crippen molar-refractivity contribution in [2.45, 2.75) is 64.3 Å². The number of amides is 2. The molecule has 3 rings (SSSR count). The molecule has 2 saturated heterocycles. The van der Waals surface area contributed by atoms with Gasteiger partial charge in [0.25, 0.3) is 5.91 Å². The van der Waals surface area contributed by atoms with Crippen LogP contribution in [0.25, 0.3) is 0 Å². The van der Waals surface area contributed by atoms with E-state index in [4.69, 9.17) is 0 Å². The van der Waals surface area contributed by atoms with Crippen molar-refractivity contribution in [1.29, 1.82) is 0 Å². The highest BCUT2D eigenvalue weighted by Gasteiger charge is 2.31. The van der Waals surface area contributed by atoms with Crippen LogP contribution in [0.4, 0.5) is 0 Å². The van der Waals surface area contributed by atoms with Gasteiger partial charge in [0.05, 0.1) is 4.90 Å². The van der Waals surface area contributed by atoms with Gasteiger partial charge in [0, 0.05) is 44.7 Å². The Morgan fingerprint density at radius 1 is 1.00 bits per heavy atom. The Labute approximate surface area is 179 Å². The SMILES string of the molecule is CC(=O)NC1CCN(C(=O)c2cc(C)c(C)c(S(=O)(=O)N3CCC(C)CC3)c2)CC1. The van der Waals surface area contributed by atoms with Crippen LogP contribution in [-0.2, 0) is 14.8 Å². The fraction of sp³-hybridized carbons (Fsp3) is 0.636. The lowest BCUT2D eigenvalue weighted by Gasteiger charge is -2.33. The van der Waals surface area contributed by atoms with Gasteiger partial charge in [0.1, 0.15) is 0 Å². The maximum absolute atomic E-state index is 13.3. The molecule has 2 aliphatic rings. The molecule has 166 valence electrons. The smallest absolute Gasteiger partial charge is 0.253 e. The standard InChI is InChI=1S/C22H33N3O4S/c1-15-5-11-25(12-6-15)30(28,29)21-14-19(13-16(2)17(21)3)22(27)24-9-7-20(8-10-24)23-18(4)26/h13-15,20H,5-12H2,1-4H3,(H,23,26). The van der Waals surface area contributed by atoms with Crippen LogP contribution >= 0.6 is 0 Å². The first-order valence-corrected chi connectivity index (χ1v) is 12.2. The molecule has 30 heavy (non-hydrogen) atoms. The van der Waals surface area contributed by atoms with Crippen molar-refractivity contribution in [2.75, 3.05) is 26.2 Å². The first kappa shape index (κ1) is 22.7. The van der Waals surface area contributed by atoms with E-state index in [1.165, 1.54) is 6.92 Å². The topological polar surface area (TPSA) is 86.8 Å². The molecule has 1 aromatic carbocycles. The Morgan fingerprint density at radius 3 is 2.17 bits per heavy atom. The molecule has 2 heterocycles. The van der Waals surface area contributed by atoms with Crippen LogP contribution < -0.4 is 5.32 Å². The van der Waals surface area contributed by atoms with E-state index < -0.39 is 10.0 Å². The van der Waals surface area contributed by atoms with Crippen molar-refractivity contribution < 1.29 is 18.0 Å². The lowest BCUT2D eigenvalue weighted by molar-refractivity contribution is -0.119. The van der Waals surface area contributed by atoms with E-state index in [2.05, 4.69) is 12.2 Å². The number of hydrogen-bond donors (Lipinski definition) is 1. The van der Waals surface area contributed by atoms with Crippen molar-refractivity contribution in [2.24, 2.45) is 5.92 Å². The predicted octanol–water partition coefficient (Wildman–Crippen LogP) is 2.46. The second-order valence-electron chi connectivity index (χ2n) is 8.77. The number of aryl methyl sites for hydroxylation is 1. The molecule has 0 bridgehead atoms. The third-order valence-electron chi connectivity index (χ3n) is 6.42. The van der Waals surface area contributed by atoms with Gasteiger partial charge >= 0.3 is 0 Å². The van der Waals surface area contributed by atoms with Crippen molar-refractivity contribution in [1.82, 2.24) is 14.5 Å². The number of carbonyl (C=O) groups excluding carboxylic acids is 2. The zero-order chi connectivity index (χ0) is 22.1. The lowest BCUT2D eigenvalue weighted by atomic mass is 10.0. The largest absolute Gasteiger partial charge is 0.353 e. The van der Waals surface area contributed by atoms with Gasteiger partial charge in [0.15, 0.2) is 0 Å². The quantitative estimate of drug-likeness (QED) is 0.787. The van der Waals surface area contributed by atoms with Crippen molar-refractivity contribution >= 4 is 21.8 Å². The molecule has 0 unspecified atom stereocenters. The maximum atomic E-state index is 13.3. The predicted molar refractivity (Wildman–Crippen MR) is 116 cm³/mol. The third kappa shape index (κ3) is 4.86. The summed E-state index contributed by atoms with van der Waals surface area (Å²) in [6.45, 7) is 9.44. The normalized spacial score (nSPS) is 19.7. The molecule has 8 heteroatoms. The van der Waals surface area contributed by atoms with Crippen molar-refractivity contribution in [3.63, 3.8) is 0 Å². The summed E-state index contributed by atoms with van der Waals surface area (Å²) in [5.41, 5.74) is 1.92. The second-order valence-corrected chi connectivity index (χ2v) is 10.7. The van der Waals surface area contributed by atoms with Crippen LogP contribution in [0.1, 0.15) is 61.0 Å². The number of nitrogens with zero attached hydrogens (tertiary/aromatic N) is 2. The highest BCUT2D eigenvalue weighted by molar-refractivity contribution is 7.89. The zero-order valence-electron chi connectivity index (χ0n) is 18.4. The van der Waals surface area contributed by atoms with Gasteiger partial charge in [-0.2, -0.15) is 4.31 Å². The highest BCUT2D eigenvalue weighted by atomic mass is 32.2. The van der Waals surface area contributed by atoms with Gasteiger partial charge in [0.2, 0.25) is 15.9 Å². The minimum Gasteiger partial charge on any atom is -0.353 e. The summed E-state index contributed by atoms with van der Waals surface area (Å²) in [7, 11) is -3.63. The Balaban J connectivity index is 1.81. The maximum Gasteiger partial charge on any atom is 0.253 e. The average molecular weight is 436 g/mol. The Kier molecular flexibility index (Phi) is 6.87. The number of sulfonamides is 1. The highest BCUT2D eigenvalue weighted by Crippen LogP contribution is 2.28. The Morgan fingerprint density at radius 2 is 1.60 bits per heavy atom. The first-order valence-electron chi connectivity index (χ1n) is 10.8. The summed E-state index contributed by atoms with van der Waals surface area (Å²) >= 11 is 0. The van der Waals surface area contributed by atoms with E-state index in [9.17, 15) is 18.0 Å². The summed E-state index contributed by atoms with van der Waals surface area (Å²) in [5.74, 6) is 0.326. The molecular formula is C22H33N3O4S. The molecule has 0 spiro atoms. The van der Waals surface area contributed by atoms with Crippen LogP contribution in [0.15, 0.2) is 17.0 Å². The number of piperidine rings is 2. The van der Waals surface area contributed by atoms with Crippen molar-refractivity contribution in [3.8, 4) is 0 Å². The van der Waals surface area contributed by atoms with Crippen LogP contribution in [0.2, 0.25) is 0 Å². The number of rotatable bonds is 4. The van der Waals surface area contributed by atoms with E-state index in [-0.39, 0.29) is 22.8 Å². The molecule has 0 atom stereocenters. The first-order chi connectivity index (χ1) is 14.1. The molecule has 1 N–H and O–H groups in total. The van der Waals surface area contributed by atoms with E-state index in [1.807, 2.05) is 13.8 Å². The molecule has 0 aliphatic carbocycles. The minimum atomic E-state index is -3.63. The minimum absolute atomic E-state index is 0.0594. The molecule has 0 aromatic heterocycles. The van der Waals surface area contributed by atoms with E-state index in [0.717, 1.165) is 18.4 Å². The fourth-order valence-corrected chi connectivity index (χ4v) is 6.07. The summed E-state index contributed by atoms with van der Waals surface area (Å²) in [4.78, 5) is 26.4. The summed E-state index contributed by atoms with van der Waals surface area (Å²) in [6.07, 6.45) is 3.12. The van der Waals surface area contributed by atoms with Gasteiger partial charge in [-0.15, -0.1) is 0 Å². The van der Waals surface area contributed by atoms with E-state index in [0.29, 0.717) is 56.1 Å². The summed E-state index contributed by atoms with van der Waals surface area (Å²) < 4.78 is 28.2. The molecule has 7 nitrogen and oxygen atoms in total. The number of likely N-dealkylation sites (tertiary alicyclic amines) is 1. The zero-order valence-corrected chi connectivity index (χ0v) is 19.2. The monoisotopic (exact) mass is 435 g/mol. The molecular weight excluding hydrogens is 402 g/mol. The van der Waals surface area contributed by atoms with Gasteiger partial charge in [-0.05, 0) is 68.7 Å². The molecule has 0 saturated carbocycles. The average Bonchev–Trinajstić information content (AvgIpc) is 2.69. The number of nitrogens with one attached hydrogen (secondary N) is 1. The molecule has 0 radical (unpaired) electrons. The van der Waals surface area contributed by atoms with Gasteiger partial charge in [-0.25, -0.2) is 8.42 Å². The van der Waals surface area contributed by atoms with Crippen LogP contribution in [0.3, 0.4) is 0 Å².